The molecule has 5 heteroatoms. The Morgan fingerprint density at radius 3 is 2.46 bits per heavy atom. The maximum atomic E-state index is 12.9. The van der Waals surface area contributed by atoms with Gasteiger partial charge in [0.2, 0.25) is 11.3 Å². The van der Waals surface area contributed by atoms with Gasteiger partial charge in [-0.1, -0.05) is 12.1 Å². The molecule has 4 saturated carbocycles. The highest BCUT2D eigenvalue weighted by molar-refractivity contribution is 5.88. The quantitative estimate of drug-likeness (QED) is 0.681. The Morgan fingerprint density at radius 1 is 1.12 bits per heavy atom. The summed E-state index contributed by atoms with van der Waals surface area (Å²) >= 11 is 0. The Bertz CT molecular complexity index is 924. The third kappa shape index (κ3) is 2.49. The lowest BCUT2D eigenvalue weighted by atomic mass is 9.49. The molecule has 2 aromatic rings. The van der Waals surface area contributed by atoms with E-state index in [-0.39, 0.29) is 16.8 Å². The summed E-state index contributed by atoms with van der Waals surface area (Å²) < 4.78 is 5.48. The molecule has 1 aromatic carbocycles. The highest BCUT2D eigenvalue weighted by Crippen LogP contribution is 2.60. The van der Waals surface area contributed by atoms with Crippen molar-refractivity contribution in [2.24, 2.45) is 28.3 Å². The van der Waals surface area contributed by atoms with Crippen LogP contribution in [0.3, 0.4) is 0 Å². The average molecular weight is 350 g/mol. The predicted octanol–water partition coefficient (Wildman–Crippen LogP) is 3.46. The molecule has 1 aromatic heterocycles. The molecule has 26 heavy (non-hydrogen) atoms. The van der Waals surface area contributed by atoms with Crippen LogP contribution in [0.1, 0.15) is 44.1 Å². The molecule has 4 aliphatic rings. The molecule has 1 amide bonds. The van der Waals surface area contributed by atoms with E-state index in [4.69, 9.17) is 4.42 Å². The highest BCUT2D eigenvalue weighted by atomic mass is 16.3. The number of para-hydroxylation sites is 1. The molecule has 1 N–H and O–H groups in total. The van der Waals surface area contributed by atoms with E-state index in [1.165, 1.54) is 31.7 Å². The maximum absolute atomic E-state index is 12.9. The topological polar surface area (TPSA) is 71.7 Å². The van der Waals surface area contributed by atoms with E-state index in [9.17, 15) is 9.59 Å². The highest BCUT2D eigenvalue weighted by Gasteiger charge is 2.54. The number of nitrogens with one attached hydrogen (secondary N) is 1. The Hall–Kier alpha value is -2.43. The Kier molecular flexibility index (Phi) is 3.52. The van der Waals surface area contributed by atoms with Crippen molar-refractivity contribution in [3.8, 4) is 0 Å². The first-order valence-electron chi connectivity index (χ1n) is 9.47. The van der Waals surface area contributed by atoms with Gasteiger partial charge in [0, 0.05) is 0 Å². The largest absolute Gasteiger partial charge is 0.463 e. The normalized spacial score (nSPS) is 32.4. The standard InChI is InChI=1S/C21H22N2O3/c24-19-16(12-26-18-4-2-1-3-17(18)19)11-22-23-20(25)21-8-13-5-14(9-21)7-15(6-13)10-21/h1-4,11-15H,5-10H2,(H,23,25)/b22-11+. The maximum Gasteiger partial charge on any atom is 0.246 e. The summed E-state index contributed by atoms with van der Waals surface area (Å²) in [6, 6.07) is 7.11. The van der Waals surface area contributed by atoms with Crippen LogP contribution < -0.4 is 10.9 Å². The molecule has 0 aliphatic heterocycles. The van der Waals surface area contributed by atoms with Crippen LogP contribution in [0.4, 0.5) is 0 Å². The molecule has 4 aliphatic carbocycles. The zero-order valence-corrected chi connectivity index (χ0v) is 14.6. The van der Waals surface area contributed by atoms with Gasteiger partial charge in [-0.3, -0.25) is 9.59 Å². The molecule has 4 fully saturated rings. The van der Waals surface area contributed by atoms with Gasteiger partial charge in [-0.05, 0) is 68.4 Å². The van der Waals surface area contributed by atoms with Gasteiger partial charge in [-0.25, -0.2) is 5.43 Å². The van der Waals surface area contributed by atoms with Crippen molar-refractivity contribution < 1.29 is 9.21 Å². The second-order valence-corrected chi connectivity index (χ2v) is 8.41. The van der Waals surface area contributed by atoms with E-state index < -0.39 is 0 Å². The average Bonchev–Trinajstić information content (AvgIpc) is 2.62. The fraction of sp³-hybridized carbons (Fsp3) is 0.476. The second-order valence-electron chi connectivity index (χ2n) is 8.41. The van der Waals surface area contributed by atoms with E-state index in [2.05, 4.69) is 10.5 Å². The SMILES string of the molecule is O=C(N/N=C/c1coc2ccccc2c1=O)C12CC3CC(CC(C3)C1)C2. The summed E-state index contributed by atoms with van der Waals surface area (Å²) in [6.07, 6.45) is 9.69. The fourth-order valence-corrected chi connectivity index (χ4v) is 5.85. The van der Waals surface area contributed by atoms with Gasteiger partial charge in [-0.15, -0.1) is 0 Å². The number of hydrogen-bond acceptors (Lipinski definition) is 4. The van der Waals surface area contributed by atoms with Crippen LogP contribution in [0.2, 0.25) is 0 Å². The Balaban J connectivity index is 1.34. The number of carbonyl (C=O) groups excluding carboxylic acids is 1. The van der Waals surface area contributed by atoms with Gasteiger partial charge in [0.05, 0.1) is 22.6 Å². The molecule has 0 saturated heterocycles. The second kappa shape index (κ2) is 5.79. The summed E-state index contributed by atoms with van der Waals surface area (Å²) in [4.78, 5) is 25.3. The van der Waals surface area contributed by atoms with Crippen LogP contribution in [0.15, 0.2) is 44.8 Å². The third-order valence-electron chi connectivity index (χ3n) is 6.60. The van der Waals surface area contributed by atoms with Crippen molar-refractivity contribution in [3.05, 3.63) is 46.3 Å². The first-order valence-corrected chi connectivity index (χ1v) is 9.47. The van der Waals surface area contributed by atoms with E-state index >= 15 is 0 Å². The van der Waals surface area contributed by atoms with Crippen LogP contribution in [0.5, 0.6) is 0 Å². The van der Waals surface area contributed by atoms with Crippen LogP contribution >= 0.6 is 0 Å². The van der Waals surface area contributed by atoms with E-state index in [0.29, 0.717) is 34.3 Å². The summed E-state index contributed by atoms with van der Waals surface area (Å²) in [6.45, 7) is 0. The van der Waals surface area contributed by atoms with Crippen LogP contribution in [-0.4, -0.2) is 12.1 Å². The molecular formula is C21H22N2O3. The van der Waals surface area contributed by atoms with Gasteiger partial charge in [-0.2, -0.15) is 5.10 Å². The zero-order valence-electron chi connectivity index (χ0n) is 14.6. The smallest absolute Gasteiger partial charge is 0.246 e. The number of carbonyl (C=O) groups is 1. The molecule has 4 bridgehead atoms. The van der Waals surface area contributed by atoms with Crippen molar-refractivity contribution >= 4 is 23.1 Å². The minimum atomic E-state index is -0.236. The van der Waals surface area contributed by atoms with Crippen LogP contribution in [-0.2, 0) is 4.79 Å². The molecule has 6 rings (SSSR count). The lowest BCUT2D eigenvalue weighted by molar-refractivity contribution is -0.146. The fourth-order valence-electron chi connectivity index (χ4n) is 5.85. The number of hydrazone groups is 1. The summed E-state index contributed by atoms with van der Waals surface area (Å²) in [5.41, 5.74) is 3.23. The Morgan fingerprint density at radius 2 is 1.77 bits per heavy atom. The van der Waals surface area contributed by atoms with Crippen LogP contribution in [0.25, 0.3) is 11.0 Å². The van der Waals surface area contributed by atoms with Crippen LogP contribution in [0, 0.1) is 23.2 Å². The molecule has 0 spiro atoms. The molecule has 5 nitrogen and oxygen atoms in total. The van der Waals surface area contributed by atoms with Gasteiger partial charge >= 0.3 is 0 Å². The minimum absolute atomic E-state index is 0.0260. The number of fused-ring (bicyclic) bond motifs is 1. The first kappa shape index (κ1) is 15.8. The first-order chi connectivity index (χ1) is 12.6. The lowest BCUT2D eigenvalue weighted by Crippen LogP contribution is -2.52. The van der Waals surface area contributed by atoms with Crippen molar-refractivity contribution in [2.45, 2.75) is 38.5 Å². The monoisotopic (exact) mass is 350 g/mol. The van der Waals surface area contributed by atoms with E-state index in [1.807, 2.05) is 6.07 Å². The molecule has 0 unspecified atom stereocenters. The Labute approximate surface area is 151 Å². The minimum Gasteiger partial charge on any atom is -0.463 e. The number of amides is 1. The third-order valence-corrected chi connectivity index (χ3v) is 6.60. The number of benzene rings is 1. The molecule has 1 heterocycles. The summed E-state index contributed by atoms with van der Waals surface area (Å²) in [5, 5.41) is 4.60. The van der Waals surface area contributed by atoms with Crippen molar-refractivity contribution in [3.63, 3.8) is 0 Å². The van der Waals surface area contributed by atoms with Gasteiger partial charge in [0.25, 0.3) is 0 Å². The molecular weight excluding hydrogens is 328 g/mol. The lowest BCUT2D eigenvalue weighted by Gasteiger charge is -2.55. The molecule has 0 radical (unpaired) electrons. The van der Waals surface area contributed by atoms with Gasteiger partial charge in [0.1, 0.15) is 11.8 Å². The number of hydrogen-bond donors (Lipinski definition) is 1. The van der Waals surface area contributed by atoms with Crippen molar-refractivity contribution in [2.75, 3.05) is 0 Å². The summed E-state index contributed by atoms with van der Waals surface area (Å²) in [7, 11) is 0. The summed E-state index contributed by atoms with van der Waals surface area (Å²) in [5.74, 6) is 2.16. The molecule has 134 valence electrons. The van der Waals surface area contributed by atoms with E-state index in [1.54, 1.807) is 18.2 Å². The van der Waals surface area contributed by atoms with Crippen molar-refractivity contribution in [1.29, 1.82) is 0 Å². The number of rotatable bonds is 3. The van der Waals surface area contributed by atoms with E-state index in [0.717, 1.165) is 19.3 Å². The van der Waals surface area contributed by atoms with Gasteiger partial charge < -0.3 is 4.42 Å². The predicted molar refractivity (Wildman–Crippen MR) is 98.8 cm³/mol. The van der Waals surface area contributed by atoms with Gasteiger partial charge in [0.15, 0.2) is 0 Å². The molecule has 0 atom stereocenters. The van der Waals surface area contributed by atoms with Crippen molar-refractivity contribution in [1.82, 2.24) is 5.43 Å². The zero-order chi connectivity index (χ0) is 17.7. The number of nitrogens with zero attached hydrogens (tertiary/aromatic N) is 1.